The zero-order valence-electron chi connectivity index (χ0n) is 23.5. The van der Waals surface area contributed by atoms with Crippen molar-refractivity contribution in [2.75, 3.05) is 7.05 Å². The third-order valence-electron chi connectivity index (χ3n) is 7.57. The molecule has 2 atom stereocenters. The van der Waals surface area contributed by atoms with Crippen LogP contribution in [0, 0.1) is 5.92 Å². The highest BCUT2D eigenvalue weighted by molar-refractivity contribution is 6.07. The Morgan fingerprint density at radius 2 is 1.71 bits per heavy atom. The molecule has 2 heterocycles. The topological polar surface area (TPSA) is 91.9 Å². The number of guanidine groups is 1. The number of hydrogen-bond donors (Lipinski definition) is 1. The number of carbonyl (C=O) groups excluding carboxylic acids is 2. The van der Waals surface area contributed by atoms with Crippen molar-refractivity contribution in [1.82, 2.24) is 14.8 Å². The van der Waals surface area contributed by atoms with Crippen molar-refractivity contribution in [3.8, 4) is 0 Å². The van der Waals surface area contributed by atoms with E-state index < -0.39 is 34.8 Å². The molecule has 1 aliphatic rings. The molecule has 0 fully saturated rings. The molecule has 216 valence electrons. The first-order valence-electron chi connectivity index (χ1n) is 13.4. The van der Waals surface area contributed by atoms with Gasteiger partial charge in [-0.25, -0.2) is 4.99 Å². The molecule has 1 aromatic heterocycles. The van der Waals surface area contributed by atoms with Crippen molar-refractivity contribution < 1.29 is 22.8 Å². The zero-order valence-corrected chi connectivity index (χ0v) is 23.5. The van der Waals surface area contributed by atoms with Crippen molar-refractivity contribution in [3.05, 3.63) is 101 Å². The molecule has 0 bridgehead atoms. The fourth-order valence-corrected chi connectivity index (χ4v) is 5.02. The number of aliphatic imine (C=N–C) groups is 1. The Morgan fingerprint density at radius 3 is 2.32 bits per heavy atom. The minimum absolute atomic E-state index is 0.0150. The van der Waals surface area contributed by atoms with Gasteiger partial charge in [0.25, 0.3) is 11.8 Å². The van der Waals surface area contributed by atoms with Gasteiger partial charge in [0.15, 0.2) is 11.5 Å². The highest BCUT2D eigenvalue weighted by Gasteiger charge is 2.49. The highest BCUT2D eigenvalue weighted by Crippen LogP contribution is 2.39. The Morgan fingerprint density at radius 1 is 1.05 bits per heavy atom. The van der Waals surface area contributed by atoms with E-state index in [4.69, 9.17) is 5.73 Å². The molecule has 4 rings (SSSR count). The molecule has 10 heteroatoms. The van der Waals surface area contributed by atoms with Crippen LogP contribution in [0.25, 0.3) is 0 Å². The van der Waals surface area contributed by atoms with Gasteiger partial charge in [-0.15, -0.1) is 0 Å². The molecule has 0 spiro atoms. The molecule has 2 aromatic carbocycles. The number of carbonyl (C=O) groups is 2. The Labute approximate surface area is 237 Å². The van der Waals surface area contributed by atoms with Crippen LogP contribution in [-0.4, -0.2) is 39.6 Å². The van der Waals surface area contributed by atoms with Gasteiger partial charge >= 0.3 is 6.18 Å². The lowest BCUT2D eigenvalue weighted by Gasteiger charge is -2.28. The van der Waals surface area contributed by atoms with E-state index >= 15 is 0 Å². The average molecular weight is 566 g/mol. The number of hydrogen-bond acceptors (Lipinski definition) is 5. The first-order chi connectivity index (χ1) is 19.3. The largest absolute Gasteiger partial charge is 0.417 e. The van der Waals surface area contributed by atoms with E-state index in [0.29, 0.717) is 29.9 Å². The minimum Gasteiger partial charge on any atom is -0.369 e. The van der Waals surface area contributed by atoms with Crippen LogP contribution in [0.3, 0.4) is 0 Å². The third-order valence-corrected chi connectivity index (χ3v) is 7.57. The number of aromatic nitrogens is 1. The van der Waals surface area contributed by atoms with Gasteiger partial charge in [-0.1, -0.05) is 50.2 Å². The van der Waals surface area contributed by atoms with Gasteiger partial charge in [-0.3, -0.25) is 19.5 Å². The predicted molar refractivity (Wildman–Crippen MR) is 151 cm³/mol. The Balaban J connectivity index is 1.68. The number of rotatable bonds is 9. The average Bonchev–Trinajstić information content (AvgIpc) is 3.20. The van der Waals surface area contributed by atoms with Crippen LogP contribution >= 0.6 is 0 Å². The number of halogens is 3. The summed E-state index contributed by atoms with van der Waals surface area (Å²) >= 11 is 0. The van der Waals surface area contributed by atoms with Gasteiger partial charge < -0.3 is 10.6 Å². The van der Waals surface area contributed by atoms with Crippen LogP contribution in [0.15, 0.2) is 78.0 Å². The first kappa shape index (κ1) is 29.8. The lowest BCUT2D eigenvalue weighted by molar-refractivity contribution is -0.138. The van der Waals surface area contributed by atoms with Gasteiger partial charge in [0.05, 0.1) is 23.7 Å². The normalized spacial score (nSPS) is 18.0. The van der Waals surface area contributed by atoms with Crippen LogP contribution in [0.1, 0.15) is 72.3 Å². The smallest absolute Gasteiger partial charge is 0.369 e. The predicted octanol–water partition coefficient (Wildman–Crippen LogP) is 5.92. The first-order valence-corrected chi connectivity index (χ1v) is 13.4. The Hall–Kier alpha value is -4.21. The molecule has 0 saturated heterocycles. The molecule has 2 N–H and O–H groups in total. The van der Waals surface area contributed by atoms with E-state index in [1.165, 1.54) is 29.0 Å². The van der Waals surface area contributed by atoms with Gasteiger partial charge in [0.1, 0.15) is 0 Å². The van der Waals surface area contributed by atoms with E-state index in [1.807, 2.05) is 30.3 Å². The number of nitrogens with two attached hydrogens (primary N) is 1. The van der Waals surface area contributed by atoms with E-state index in [1.54, 1.807) is 31.5 Å². The van der Waals surface area contributed by atoms with Crippen molar-refractivity contribution in [2.24, 2.45) is 16.6 Å². The molecule has 3 aromatic rings. The maximum atomic E-state index is 14.0. The summed E-state index contributed by atoms with van der Waals surface area (Å²) in [6, 6.07) is 15.4. The summed E-state index contributed by atoms with van der Waals surface area (Å²) in [6.07, 6.45) is -0.498. The maximum Gasteiger partial charge on any atom is 0.417 e. The second-order valence-electron chi connectivity index (χ2n) is 10.8. The molecule has 1 unspecified atom stereocenters. The van der Waals surface area contributed by atoms with Gasteiger partial charge in [-0.2, -0.15) is 13.2 Å². The molecule has 0 aliphatic carbocycles. The second kappa shape index (κ2) is 11.7. The van der Waals surface area contributed by atoms with E-state index in [9.17, 15) is 22.8 Å². The lowest BCUT2D eigenvalue weighted by Crippen LogP contribution is -2.42. The van der Waals surface area contributed by atoms with E-state index in [2.05, 4.69) is 23.8 Å². The summed E-state index contributed by atoms with van der Waals surface area (Å²) in [5, 5.41) is 0. The second-order valence-corrected chi connectivity index (χ2v) is 10.8. The van der Waals surface area contributed by atoms with Crippen molar-refractivity contribution in [2.45, 2.75) is 57.9 Å². The molecule has 7 nitrogen and oxygen atoms in total. The SMILES string of the molecule is CC(C)CC[C@]1(c2ccccc2)N=C(N)N(Cc2ccc(C(F)(F)F)c(C(=O)N(C)C(C)c3ccncc3)c2)C1=O. The van der Waals surface area contributed by atoms with Crippen LogP contribution in [-0.2, 0) is 23.1 Å². The van der Waals surface area contributed by atoms with Crippen molar-refractivity contribution in [1.29, 1.82) is 0 Å². The fourth-order valence-electron chi connectivity index (χ4n) is 5.02. The lowest BCUT2D eigenvalue weighted by atomic mass is 9.83. The van der Waals surface area contributed by atoms with Crippen LogP contribution in [0.2, 0.25) is 0 Å². The summed E-state index contributed by atoms with van der Waals surface area (Å²) in [5.41, 5.74) is 5.26. The van der Waals surface area contributed by atoms with Crippen LogP contribution < -0.4 is 5.73 Å². The molecular formula is C31H34F3N5O2. The van der Waals surface area contributed by atoms with Crippen molar-refractivity contribution >= 4 is 17.8 Å². The highest BCUT2D eigenvalue weighted by atomic mass is 19.4. The third kappa shape index (κ3) is 6.11. The quantitative estimate of drug-likeness (QED) is 0.349. The number of amides is 2. The Kier molecular flexibility index (Phi) is 8.51. The summed E-state index contributed by atoms with van der Waals surface area (Å²) in [4.78, 5) is 38.5. The van der Waals surface area contributed by atoms with Crippen LogP contribution in [0.4, 0.5) is 13.2 Å². The van der Waals surface area contributed by atoms with E-state index in [0.717, 1.165) is 11.6 Å². The Bertz CT molecular complexity index is 1430. The number of pyridine rings is 1. The van der Waals surface area contributed by atoms with Gasteiger partial charge in [-0.05, 0) is 66.6 Å². The number of benzene rings is 2. The molecule has 1 aliphatic heterocycles. The summed E-state index contributed by atoms with van der Waals surface area (Å²) in [6.45, 7) is 5.70. The summed E-state index contributed by atoms with van der Waals surface area (Å²) in [5.74, 6) is -0.853. The molecule has 2 amide bonds. The van der Waals surface area contributed by atoms with Crippen LogP contribution in [0.5, 0.6) is 0 Å². The standard InChI is InChI=1S/C31H34F3N5O2/c1-20(2)12-15-30(24-8-6-5-7-9-24)28(41)39(29(35)37-30)19-22-10-11-26(31(32,33)34)25(18-22)27(40)38(4)21(3)23-13-16-36-17-14-23/h5-11,13-14,16-18,20-21H,12,15,19H2,1-4H3,(H2,35,37)/t21?,30-/m1/s1. The molecule has 41 heavy (non-hydrogen) atoms. The molecular weight excluding hydrogens is 531 g/mol. The number of alkyl halides is 3. The molecule has 0 saturated carbocycles. The van der Waals surface area contributed by atoms with E-state index in [-0.39, 0.29) is 18.4 Å². The molecule has 0 radical (unpaired) electrons. The minimum atomic E-state index is -4.76. The van der Waals surface area contributed by atoms with Crippen molar-refractivity contribution in [3.63, 3.8) is 0 Å². The monoisotopic (exact) mass is 565 g/mol. The number of nitrogens with zero attached hydrogens (tertiary/aromatic N) is 4. The fraction of sp³-hybridized carbons (Fsp3) is 0.355. The van der Waals surface area contributed by atoms with Gasteiger partial charge in [0.2, 0.25) is 0 Å². The zero-order chi connectivity index (χ0) is 29.9. The summed E-state index contributed by atoms with van der Waals surface area (Å²) < 4.78 is 42.0. The summed E-state index contributed by atoms with van der Waals surface area (Å²) in [7, 11) is 1.46. The maximum absolute atomic E-state index is 14.0. The van der Waals surface area contributed by atoms with Gasteiger partial charge in [0, 0.05) is 19.4 Å².